The highest BCUT2D eigenvalue weighted by Crippen LogP contribution is 2.16. The molecule has 0 aliphatic heterocycles. The lowest BCUT2D eigenvalue weighted by atomic mass is 10.4. The third-order valence-corrected chi connectivity index (χ3v) is 3.20. The molecule has 0 atom stereocenters. The quantitative estimate of drug-likeness (QED) is 0.625. The number of ether oxygens (including phenoxy) is 1. The highest BCUT2D eigenvalue weighted by molar-refractivity contribution is 14.1. The SMILES string of the molecule is CCCCOCn1cnc2c(I)ccnc21. The first kappa shape index (κ1) is 11.8. The Labute approximate surface area is 108 Å². The maximum Gasteiger partial charge on any atom is 0.162 e. The van der Waals surface area contributed by atoms with Crippen molar-refractivity contribution in [3.05, 3.63) is 22.2 Å². The molecule has 0 saturated carbocycles. The molecule has 2 aromatic rings. The van der Waals surface area contributed by atoms with E-state index in [4.69, 9.17) is 4.74 Å². The number of nitrogens with zero attached hydrogens (tertiary/aromatic N) is 3. The van der Waals surface area contributed by atoms with Crippen LogP contribution in [0, 0.1) is 3.57 Å². The minimum Gasteiger partial charge on any atom is -0.361 e. The molecule has 0 saturated heterocycles. The summed E-state index contributed by atoms with van der Waals surface area (Å²) in [6.45, 7) is 3.48. The first-order valence-electron chi connectivity index (χ1n) is 5.36. The molecule has 0 bridgehead atoms. The van der Waals surface area contributed by atoms with Crippen LogP contribution in [0.25, 0.3) is 11.2 Å². The molecule has 0 spiro atoms. The summed E-state index contributed by atoms with van der Waals surface area (Å²) in [6.07, 6.45) is 5.83. The number of imidazole rings is 1. The molecule has 0 unspecified atom stereocenters. The van der Waals surface area contributed by atoms with Gasteiger partial charge in [0.1, 0.15) is 12.2 Å². The average Bonchev–Trinajstić information content (AvgIpc) is 2.70. The molecule has 2 aromatic heterocycles. The fraction of sp³-hybridized carbons (Fsp3) is 0.455. The third-order valence-electron chi connectivity index (χ3n) is 2.33. The van der Waals surface area contributed by atoms with Crippen LogP contribution in [0.3, 0.4) is 0 Å². The normalized spacial score (nSPS) is 11.1. The molecule has 16 heavy (non-hydrogen) atoms. The van der Waals surface area contributed by atoms with E-state index in [0.717, 1.165) is 34.2 Å². The minimum absolute atomic E-state index is 0.531. The fourth-order valence-electron chi connectivity index (χ4n) is 1.44. The van der Waals surface area contributed by atoms with Gasteiger partial charge in [0.05, 0.1) is 6.33 Å². The topological polar surface area (TPSA) is 39.9 Å². The van der Waals surface area contributed by atoms with E-state index in [-0.39, 0.29) is 0 Å². The summed E-state index contributed by atoms with van der Waals surface area (Å²) in [5.41, 5.74) is 1.84. The lowest BCUT2D eigenvalue weighted by molar-refractivity contribution is 0.0770. The van der Waals surface area contributed by atoms with Crippen molar-refractivity contribution in [2.24, 2.45) is 0 Å². The zero-order valence-corrected chi connectivity index (χ0v) is 11.3. The lowest BCUT2D eigenvalue weighted by Gasteiger charge is -2.04. The van der Waals surface area contributed by atoms with Gasteiger partial charge in [0.25, 0.3) is 0 Å². The molecule has 0 aliphatic rings. The van der Waals surface area contributed by atoms with Crippen LogP contribution in [0.15, 0.2) is 18.6 Å². The van der Waals surface area contributed by atoms with Gasteiger partial charge in [-0.2, -0.15) is 0 Å². The van der Waals surface area contributed by atoms with Gasteiger partial charge in [-0.15, -0.1) is 0 Å². The second-order valence-corrected chi connectivity index (χ2v) is 4.73. The standard InChI is InChI=1S/C11H14IN3O/c1-2-3-6-16-8-15-7-14-10-9(12)4-5-13-11(10)15/h4-5,7H,2-3,6,8H2,1H3. The van der Waals surface area contributed by atoms with E-state index in [1.807, 2.05) is 10.6 Å². The molecular weight excluding hydrogens is 317 g/mol. The van der Waals surface area contributed by atoms with E-state index in [0.29, 0.717) is 6.73 Å². The molecule has 0 radical (unpaired) electrons. The second-order valence-electron chi connectivity index (χ2n) is 3.57. The Morgan fingerprint density at radius 1 is 1.44 bits per heavy atom. The van der Waals surface area contributed by atoms with E-state index in [1.165, 1.54) is 0 Å². The maximum atomic E-state index is 5.55. The van der Waals surface area contributed by atoms with Crippen LogP contribution >= 0.6 is 22.6 Å². The van der Waals surface area contributed by atoms with Gasteiger partial charge in [-0.1, -0.05) is 13.3 Å². The van der Waals surface area contributed by atoms with Crippen LogP contribution in [-0.2, 0) is 11.5 Å². The number of rotatable bonds is 5. The Kier molecular flexibility index (Phi) is 4.11. The van der Waals surface area contributed by atoms with Crippen molar-refractivity contribution in [2.75, 3.05) is 6.61 Å². The van der Waals surface area contributed by atoms with Crippen LogP contribution in [0.5, 0.6) is 0 Å². The van der Waals surface area contributed by atoms with Crippen molar-refractivity contribution in [3.8, 4) is 0 Å². The van der Waals surface area contributed by atoms with Gasteiger partial charge in [0.2, 0.25) is 0 Å². The van der Waals surface area contributed by atoms with Crippen LogP contribution in [0.2, 0.25) is 0 Å². The van der Waals surface area contributed by atoms with Crippen molar-refractivity contribution < 1.29 is 4.74 Å². The largest absolute Gasteiger partial charge is 0.361 e. The predicted molar refractivity (Wildman–Crippen MR) is 71.1 cm³/mol. The van der Waals surface area contributed by atoms with Crippen LogP contribution in [0.4, 0.5) is 0 Å². The summed E-state index contributed by atoms with van der Waals surface area (Å²) < 4.78 is 8.60. The Balaban J connectivity index is 2.10. The summed E-state index contributed by atoms with van der Waals surface area (Å²) in [7, 11) is 0. The highest BCUT2D eigenvalue weighted by atomic mass is 127. The van der Waals surface area contributed by atoms with Crippen molar-refractivity contribution in [1.29, 1.82) is 0 Å². The lowest BCUT2D eigenvalue weighted by Crippen LogP contribution is -2.03. The Bertz CT molecular complexity index is 469. The molecular formula is C11H14IN3O. The number of hydrogen-bond acceptors (Lipinski definition) is 3. The van der Waals surface area contributed by atoms with E-state index in [2.05, 4.69) is 39.5 Å². The van der Waals surface area contributed by atoms with Gasteiger partial charge < -0.3 is 4.74 Å². The Morgan fingerprint density at radius 3 is 3.12 bits per heavy atom. The summed E-state index contributed by atoms with van der Waals surface area (Å²) in [6, 6.07) is 1.96. The molecule has 2 rings (SSSR count). The van der Waals surface area contributed by atoms with Crippen molar-refractivity contribution in [1.82, 2.24) is 14.5 Å². The first-order chi connectivity index (χ1) is 7.83. The summed E-state index contributed by atoms with van der Waals surface area (Å²) >= 11 is 2.27. The second kappa shape index (κ2) is 5.58. The molecule has 2 heterocycles. The van der Waals surface area contributed by atoms with Gasteiger partial charge in [-0.25, -0.2) is 9.97 Å². The number of fused-ring (bicyclic) bond motifs is 1. The molecule has 0 amide bonds. The Morgan fingerprint density at radius 2 is 2.31 bits per heavy atom. The van der Waals surface area contributed by atoms with Gasteiger partial charge in [-0.05, 0) is 35.1 Å². The van der Waals surface area contributed by atoms with Gasteiger partial charge in [-0.3, -0.25) is 4.57 Å². The molecule has 5 heteroatoms. The van der Waals surface area contributed by atoms with Crippen molar-refractivity contribution in [3.63, 3.8) is 0 Å². The van der Waals surface area contributed by atoms with Gasteiger partial charge in [0, 0.05) is 16.4 Å². The predicted octanol–water partition coefficient (Wildman–Crippen LogP) is 2.81. The monoisotopic (exact) mass is 331 g/mol. The van der Waals surface area contributed by atoms with Crippen LogP contribution < -0.4 is 0 Å². The van der Waals surface area contributed by atoms with E-state index >= 15 is 0 Å². The number of hydrogen-bond donors (Lipinski definition) is 0. The molecule has 0 aliphatic carbocycles. The fourth-order valence-corrected chi connectivity index (χ4v) is 1.98. The number of aromatic nitrogens is 3. The van der Waals surface area contributed by atoms with Crippen molar-refractivity contribution >= 4 is 33.8 Å². The average molecular weight is 331 g/mol. The molecule has 4 nitrogen and oxygen atoms in total. The number of pyridine rings is 1. The minimum atomic E-state index is 0.531. The highest BCUT2D eigenvalue weighted by Gasteiger charge is 2.06. The Hall–Kier alpha value is -0.690. The third kappa shape index (κ3) is 2.52. The summed E-state index contributed by atoms with van der Waals surface area (Å²) in [4.78, 5) is 8.65. The molecule has 86 valence electrons. The summed E-state index contributed by atoms with van der Waals surface area (Å²) in [5.74, 6) is 0. The first-order valence-corrected chi connectivity index (χ1v) is 6.44. The number of halogens is 1. The molecule has 0 fully saturated rings. The van der Waals surface area contributed by atoms with E-state index < -0.39 is 0 Å². The van der Waals surface area contributed by atoms with Gasteiger partial charge >= 0.3 is 0 Å². The zero-order chi connectivity index (χ0) is 11.4. The maximum absolute atomic E-state index is 5.55. The molecule has 0 aromatic carbocycles. The van der Waals surface area contributed by atoms with E-state index in [1.54, 1.807) is 12.5 Å². The summed E-state index contributed by atoms with van der Waals surface area (Å²) in [5, 5.41) is 0. The smallest absolute Gasteiger partial charge is 0.162 e. The van der Waals surface area contributed by atoms with Crippen LogP contribution in [-0.4, -0.2) is 21.1 Å². The molecule has 0 N–H and O–H groups in total. The van der Waals surface area contributed by atoms with Crippen LogP contribution in [0.1, 0.15) is 19.8 Å². The van der Waals surface area contributed by atoms with E-state index in [9.17, 15) is 0 Å². The van der Waals surface area contributed by atoms with Gasteiger partial charge in [0.15, 0.2) is 5.65 Å². The zero-order valence-electron chi connectivity index (χ0n) is 9.19. The van der Waals surface area contributed by atoms with Crippen molar-refractivity contribution in [2.45, 2.75) is 26.5 Å². The number of unbranched alkanes of at least 4 members (excludes halogenated alkanes) is 1.